The van der Waals surface area contributed by atoms with Crippen molar-refractivity contribution >= 4 is 17.8 Å². The molecule has 0 fully saturated rings. The molecule has 0 aromatic heterocycles. The maximum atomic E-state index is 13.2. The molecular formula is C24H30N2O5. The van der Waals surface area contributed by atoms with E-state index < -0.39 is 17.9 Å². The number of carbonyl (C=O) groups is 3. The number of hydrogen-bond donors (Lipinski definition) is 2. The van der Waals surface area contributed by atoms with Crippen molar-refractivity contribution in [2.45, 2.75) is 51.5 Å². The molecule has 3 N–H and O–H groups in total. The molecule has 2 rings (SSSR count). The minimum Gasteiger partial charge on any atom is -0.481 e. The first kappa shape index (κ1) is 23.9. The van der Waals surface area contributed by atoms with Crippen LogP contribution in [0.25, 0.3) is 0 Å². The number of carbonyl (C=O) groups excluding carboxylic acids is 2. The Kier molecular flexibility index (Phi) is 9.55. The van der Waals surface area contributed by atoms with E-state index in [1.54, 1.807) is 24.3 Å². The van der Waals surface area contributed by atoms with Crippen molar-refractivity contribution in [1.29, 1.82) is 0 Å². The number of carboxylic acids is 1. The van der Waals surface area contributed by atoms with Crippen LogP contribution in [0.15, 0.2) is 54.6 Å². The molecule has 0 saturated carbocycles. The minimum absolute atomic E-state index is 0.0145. The van der Waals surface area contributed by atoms with Gasteiger partial charge >= 0.3 is 5.97 Å². The predicted octanol–water partition coefficient (Wildman–Crippen LogP) is 4.22. The second-order valence-electron chi connectivity index (χ2n) is 7.35. The molecule has 0 heterocycles. The Bertz CT molecular complexity index is 852. The highest BCUT2D eigenvalue weighted by Crippen LogP contribution is 2.22. The molecule has 0 aliphatic heterocycles. The number of nitrogens with two attached hydrogens (primary N) is 1. The van der Waals surface area contributed by atoms with Crippen molar-refractivity contribution in [2.75, 3.05) is 6.54 Å². The van der Waals surface area contributed by atoms with Crippen LogP contribution in [-0.4, -0.2) is 40.4 Å². The van der Waals surface area contributed by atoms with E-state index in [-0.39, 0.29) is 18.7 Å². The van der Waals surface area contributed by atoms with Gasteiger partial charge in [-0.3, -0.25) is 14.4 Å². The van der Waals surface area contributed by atoms with Crippen LogP contribution in [0, 0.1) is 0 Å². The molecular weight excluding hydrogens is 396 g/mol. The molecule has 0 aliphatic rings. The molecule has 31 heavy (non-hydrogen) atoms. The van der Waals surface area contributed by atoms with Crippen LogP contribution in [0.5, 0.6) is 11.5 Å². The zero-order valence-corrected chi connectivity index (χ0v) is 17.8. The number of carboxylic acid groups (broad SMARTS) is 1. The number of amides is 2. The average molecular weight is 427 g/mol. The number of ether oxygens (including phenoxy) is 1. The van der Waals surface area contributed by atoms with Gasteiger partial charge in [0.1, 0.15) is 17.5 Å². The number of nitrogens with zero attached hydrogens (tertiary/aromatic N) is 1. The molecule has 0 spiro atoms. The third-order valence-electron chi connectivity index (χ3n) is 4.93. The third kappa shape index (κ3) is 7.77. The quantitative estimate of drug-likeness (QED) is 0.466. The maximum Gasteiger partial charge on any atom is 0.303 e. The molecule has 0 bridgehead atoms. The van der Waals surface area contributed by atoms with Crippen molar-refractivity contribution in [1.82, 2.24) is 4.90 Å². The summed E-state index contributed by atoms with van der Waals surface area (Å²) >= 11 is 0. The number of primary amides is 1. The fourth-order valence-corrected chi connectivity index (χ4v) is 3.28. The Labute approximate surface area is 182 Å². The van der Waals surface area contributed by atoms with E-state index in [0.29, 0.717) is 30.0 Å². The van der Waals surface area contributed by atoms with Crippen molar-refractivity contribution < 1.29 is 24.2 Å². The summed E-state index contributed by atoms with van der Waals surface area (Å²) in [6.07, 6.45) is 3.43. The van der Waals surface area contributed by atoms with E-state index in [1.165, 1.54) is 4.90 Å². The Morgan fingerprint density at radius 2 is 1.61 bits per heavy atom. The largest absolute Gasteiger partial charge is 0.481 e. The fourth-order valence-electron chi connectivity index (χ4n) is 3.28. The molecule has 1 atom stereocenters. The second kappa shape index (κ2) is 12.4. The average Bonchev–Trinajstić information content (AvgIpc) is 2.75. The first-order chi connectivity index (χ1) is 14.9. The highest BCUT2D eigenvalue weighted by atomic mass is 16.5. The van der Waals surface area contributed by atoms with Crippen molar-refractivity contribution in [2.24, 2.45) is 5.73 Å². The van der Waals surface area contributed by atoms with Gasteiger partial charge in [0, 0.05) is 18.5 Å². The molecule has 2 aromatic carbocycles. The van der Waals surface area contributed by atoms with Gasteiger partial charge in [0.05, 0.1) is 0 Å². The predicted molar refractivity (Wildman–Crippen MR) is 118 cm³/mol. The summed E-state index contributed by atoms with van der Waals surface area (Å²) in [4.78, 5) is 37.7. The van der Waals surface area contributed by atoms with Crippen LogP contribution < -0.4 is 10.5 Å². The lowest BCUT2D eigenvalue weighted by molar-refractivity contribution is -0.137. The van der Waals surface area contributed by atoms with Gasteiger partial charge in [0.25, 0.3) is 5.91 Å². The molecule has 166 valence electrons. The van der Waals surface area contributed by atoms with Gasteiger partial charge in [-0.25, -0.2) is 0 Å². The zero-order valence-electron chi connectivity index (χ0n) is 17.8. The van der Waals surface area contributed by atoms with Gasteiger partial charge in [-0.1, -0.05) is 44.4 Å². The third-order valence-corrected chi connectivity index (χ3v) is 4.93. The van der Waals surface area contributed by atoms with Crippen LogP contribution in [-0.2, 0) is 9.59 Å². The van der Waals surface area contributed by atoms with Gasteiger partial charge in [-0.2, -0.15) is 0 Å². The monoisotopic (exact) mass is 426 g/mol. The molecule has 7 nitrogen and oxygen atoms in total. The van der Waals surface area contributed by atoms with E-state index in [4.69, 9.17) is 15.6 Å². The molecule has 0 radical (unpaired) electrons. The summed E-state index contributed by atoms with van der Waals surface area (Å²) in [5, 5.41) is 9.01. The summed E-state index contributed by atoms with van der Waals surface area (Å²) in [5.41, 5.74) is 5.92. The van der Waals surface area contributed by atoms with Crippen molar-refractivity contribution in [3.05, 3.63) is 60.2 Å². The van der Waals surface area contributed by atoms with Gasteiger partial charge in [-0.05, 0) is 49.2 Å². The first-order valence-electron chi connectivity index (χ1n) is 10.6. The van der Waals surface area contributed by atoms with E-state index in [2.05, 4.69) is 6.92 Å². The first-order valence-corrected chi connectivity index (χ1v) is 10.6. The summed E-state index contributed by atoms with van der Waals surface area (Å²) in [5.74, 6) is -0.825. The number of para-hydroxylation sites is 1. The molecule has 7 heteroatoms. The van der Waals surface area contributed by atoms with E-state index in [0.717, 1.165) is 19.3 Å². The second-order valence-corrected chi connectivity index (χ2v) is 7.35. The van der Waals surface area contributed by atoms with Crippen LogP contribution >= 0.6 is 0 Å². The van der Waals surface area contributed by atoms with Crippen LogP contribution in [0.2, 0.25) is 0 Å². The Hall–Kier alpha value is -3.35. The van der Waals surface area contributed by atoms with Gasteiger partial charge < -0.3 is 20.5 Å². The highest BCUT2D eigenvalue weighted by molar-refractivity contribution is 5.97. The lowest BCUT2D eigenvalue weighted by Gasteiger charge is -2.30. The van der Waals surface area contributed by atoms with E-state index >= 15 is 0 Å². The van der Waals surface area contributed by atoms with Gasteiger partial charge in [0.2, 0.25) is 5.91 Å². The SMILES string of the molecule is CCCCCCN(C(=O)c1ccc(Oc2ccccc2)cc1)[C@@H](CCC(=O)O)C(N)=O. The Morgan fingerprint density at radius 1 is 0.968 bits per heavy atom. The van der Waals surface area contributed by atoms with E-state index in [1.807, 2.05) is 30.3 Å². The highest BCUT2D eigenvalue weighted by Gasteiger charge is 2.29. The standard InChI is InChI=1S/C24H30N2O5/c1-2-3-4-8-17-26(21(23(25)29)15-16-22(27)28)24(30)18-11-13-20(14-12-18)31-19-9-6-5-7-10-19/h5-7,9-14,21H,2-4,8,15-17H2,1H3,(H2,25,29)(H,27,28)/t21-/m0/s1. The number of aliphatic carboxylic acids is 1. The lowest BCUT2D eigenvalue weighted by Crippen LogP contribution is -2.48. The van der Waals surface area contributed by atoms with Crippen molar-refractivity contribution in [3.8, 4) is 11.5 Å². The number of hydrogen-bond acceptors (Lipinski definition) is 4. The van der Waals surface area contributed by atoms with Crippen LogP contribution in [0.3, 0.4) is 0 Å². The smallest absolute Gasteiger partial charge is 0.303 e. The van der Waals surface area contributed by atoms with Gasteiger partial charge in [0.15, 0.2) is 0 Å². The lowest BCUT2D eigenvalue weighted by atomic mass is 10.1. The zero-order chi connectivity index (χ0) is 22.6. The Morgan fingerprint density at radius 3 is 2.19 bits per heavy atom. The van der Waals surface area contributed by atoms with E-state index in [9.17, 15) is 14.4 Å². The summed E-state index contributed by atoms with van der Waals surface area (Å²) in [7, 11) is 0. The van der Waals surface area contributed by atoms with Gasteiger partial charge in [-0.15, -0.1) is 0 Å². The summed E-state index contributed by atoms with van der Waals surface area (Å²) in [6, 6.07) is 15.0. The molecule has 0 unspecified atom stereocenters. The maximum absolute atomic E-state index is 13.2. The van der Waals surface area contributed by atoms with Crippen molar-refractivity contribution in [3.63, 3.8) is 0 Å². The molecule has 0 saturated heterocycles. The molecule has 2 amide bonds. The number of rotatable bonds is 13. The van der Waals surface area contributed by atoms with Crippen LogP contribution in [0.1, 0.15) is 55.8 Å². The molecule has 0 aliphatic carbocycles. The molecule has 2 aromatic rings. The number of unbranched alkanes of at least 4 members (excludes halogenated alkanes) is 3. The summed E-state index contributed by atoms with van der Waals surface area (Å²) < 4.78 is 5.75. The minimum atomic E-state index is -1.04. The topological polar surface area (TPSA) is 110 Å². The normalized spacial score (nSPS) is 11.5. The Balaban J connectivity index is 2.17. The van der Waals surface area contributed by atoms with Crippen LogP contribution in [0.4, 0.5) is 0 Å². The summed E-state index contributed by atoms with van der Waals surface area (Å²) in [6.45, 7) is 2.43. The fraction of sp³-hybridized carbons (Fsp3) is 0.375. The number of benzene rings is 2.